The third-order valence-corrected chi connectivity index (χ3v) is 3.14. The molecule has 0 aliphatic heterocycles. The van der Waals surface area contributed by atoms with Gasteiger partial charge in [0.25, 0.3) is 5.69 Å². The van der Waals surface area contributed by atoms with Crippen molar-refractivity contribution in [3.05, 3.63) is 54.4 Å². The van der Waals surface area contributed by atoms with E-state index in [0.29, 0.717) is 22.6 Å². The Bertz CT molecular complexity index is 892. The maximum atomic E-state index is 12.1. The van der Waals surface area contributed by atoms with Crippen LogP contribution in [-0.4, -0.2) is 4.98 Å². The van der Waals surface area contributed by atoms with Crippen molar-refractivity contribution in [2.45, 2.75) is 0 Å². The molecule has 4 rings (SSSR count). The molecule has 92 valence electrons. The predicted octanol–water partition coefficient (Wildman–Crippen LogP) is 2.87. The van der Waals surface area contributed by atoms with E-state index in [4.69, 9.17) is 8.83 Å². The van der Waals surface area contributed by atoms with E-state index in [1.807, 2.05) is 0 Å². The van der Waals surface area contributed by atoms with Crippen LogP contribution in [0.4, 0.5) is 0 Å². The van der Waals surface area contributed by atoms with Crippen molar-refractivity contribution in [3.8, 4) is 11.4 Å². The Hall–Kier alpha value is -2.82. The third-order valence-electron chi connectivity index (χ3n) is 3.14. The lowest BCUT2D eigenvalue weighted by Gasteiger charge is -2.05. The number of hydrogen-bond acceptors (Lipinski definition) is 4. The summed E-state index contributed by atoms with van der Waals surface area (Å²) in [7, 11) is 0. The number of furan rings is 2. The molecule has 4 aromatic rings. The molecular formula is C14H8N2O3. The molecule has 0 aliphatic carbocycles. The minimum Gasteiger partial charge on any atom is -0.618 e. The van der Waals surface area contributed by atoms with Gasteiger partial charge >= 0.3 is 0 Å². The number of rotatable bonds is 1. The summed E-state index contributed by atoms with van der Waals surface area (Å²) in [5, 5.41) is 13.6. The summed E-state index contributed by atoms with van der Waals surface area (Å²) in [6.45, 7) is 0. The average Bonchev–Trinajstić information content (AvgIpc) is 3.06. The zero-order chi connectivity index (χ0) is 12.8. The molecular weight excluding hydrogens is 244 g/mol. The SMILES string of the molecule is [O-][n+]1ccc2occc2c1-c1nccc2occc12. The van der Waals surface area contributed by atoms with Gasteiger partial charge in [0.2, 0.25) is 0 Å². The smallest absolute Gasteiger partial charge is 0.254 e. The molecule has 5 nitrogen and oxygen atoms in total. The topological polar surface area (TPSA) is 66.1 Å². The van der Waals surface area contributed by atoms with Gasteiger partial charge in [-0.1, -0.05) is 0 Å². The first kappa shape index (κ1) is 10.1. The number of aromatic nitrogens is 2. The highest BCUT2D eigenvalue weighted by molar-refractivity contribution is 5.98. The second-order valence-corrected chi connectivity index (χ2v) is 4.18. The predicted molar refractivity (Wildman–Crippen MR) is 68.2 cm³/mol. The van der Waals surface area contributed by atoms with Crippen molar-refractivity contribution < 1.29 is 13.6 Å². The Morgan fingerprint density at radius 1 is 0.947 bits per heavy atom. The second kappa shape index (κ2) is 3.58. The quantitative estimate of drug-likeness (QED) is 0.386. The highest BCUT2D eigenvalue weighted by Crippen LogP contribution is 2.30. The van der Waals surface area contributed by atoms with Crippen molar-refractivity contribution in [2.24, 2.45) is 0 Å². The van der Waals surface area contributed by atoms with Gasteiger partial charge in [-0.25, -0.2) is 4.98 Å². The van der Waals surface area contributed by atoms with Gasteiger partial charge in [-0.2, -0.15) is 4.73 Å². The number of pyridine rings is 2. The molecule has 5 heteroatoms. The fraction of sp³-hybridized carbons (Fsp3) is 0. The molecule has 0 amide bonds. The third kappa shape index (κ3) is 1.35. The summed E-state index contributed by atoms with van der Waals surface area (Å²) in [5.41, 5.74) is 2.42. The van der Waals surface area contributed by atoms with E-state index in [1.165, 1.54) is 6.20 Å². The Kier molecular flexibility index (Phi) is 1.91. The van der Waals surface area contributed by atoms with Crippen LogP contribution in [0.15, 0.2) is 58.0 Å². The normalized spacial score (nSPS) is 11.4. The lowest BCUT2D eigenvalue weighted by molar-refractivity contribution is -0.592. The van der Waals surface area contributed by atoms with E-state index < -0.39 is 0 Å². The fourth-order valence-corrected chi connectivity index (χ4v) is 2.29. The second-order valence-electron chi connectivity index (χ2n) is 4.18. The molecule has 0 fully saturated rings. The molecule has 0 unspecified atom stereocenters. The zero-order valence-electron chi connectivity index (χ0n) is 9.74. The van der Waals surface area contributed by atoms with Crippen LogP contribution in [-0.2, 0) is 0 Å². The number of nitrogens with zero attached hydrogens (tertiary/aromatic N) is 2. The maximum absolute atomic E-state index is 12.1. The lowest BCUT2D eigenvalue weighted by Crippen LogP contribution is -2.28. The summed E-state index contributed by atoms with van der Waals surface area (Å²) in [4.78, 5) is 4.32. The van der Waals surface area contributed by atoms with E-state index in [-0.39, 0.29) is 0 Å². The molecule has 0 saturated heterocycles. The molecule has 0 spiro atoms. The first-order valence-electron chi connectivity index (χ1n) is 5.76. The molecule has 0 bridgehead atoms. The monoisotopic (exact) mass is 252 g/mol. The summed E-state index contributed by atoms with van der Waals surface area (Å²) in [6, 6.07) is 6.97. The first-order chi connectivity index (χ1) is 9.34. The lowest BCUT2D eigenvalue weighted by atomic mass is 10.1. The van der Waals surface area contributed by atoms with Crippen LogP contribution in [0.3, 0.4) is 0 Å². The van der Waals surface area contributed by atoms with Gasteiger partial charge in [0, 0.05) is 12.3 Å². The summed E-state index contributed by atoms with van der Waals surface area (Å²) < 4.78 is 11.5. The van der Waals surface area contributed by atoms with Gasteiger partial charge < -0.3 is 14.0 Å². The molecule has 0 aromatic carbocycles. The van der Waals surface area contributed by atoms with Crippen LogP contribution in [0.2, 0.25) is 0 Å². The largest absolute Gasteiger partial charge is 0.618 e. The zero-order valence-corrected chi connectivity index (χ0v) is 9.74. The molecule has 4 heterocycles. The van der Waals surface area contributed by atoms with Gasteiger partial charge in [0.05, 0.1) is 23.3 Å². The van der Waals surface area contributed by atoms with Gasteiger partial charge in [-0.05, 0) is 18.2 Å². The molecule has 0 N–H and O–H groups in total. The van der Waals surface area contributed by atoms with Crippen molar-refractivity contribution in [1.82, 2.24) is 4.98 Å². The average molecular weight is 252 g/mol. The molecule has 0 aliphatic rings. The van der Waals surface area contributed by atoms with Crippen molar-refractivity contribution in [1.29, 1.82) is 0 Å². The van der Waals surface area contributed by atoms with E-state index in [1.54, 1.807) is 43.0 Å². The minimum absolute atomic E-state index is 0.471. The number of fused-ring (bicyclic) bond motifs is 2. The summed E-state index contributed by atoms with van der Waals surface area (Å²) in [6.07, 6.45) is 6.19. The standard InChI is InChI=1S/C14H8N2O3/c17-16-6-2-12-10(4-8-19-12)14(16)13-9-3-7-18-11(9)1-5-15-13/h1-8H. The van der Waals surface area contributed by atoms with Gasteiger partial charge in [0.15, 0.2) is 6.20 Å². The Morgan fingerprint density at radius 2 is 1.68 bits per heavy atom. The molecule has 0 saturated carbocycles. The highest BCUT2D eigenvalue weighted by atomic mass is 16.5. The molecule has 0 radical (unpaired) electrons. The van der Waals surface area contributed by atoms with Crippen molar-refractivity contribution in [3.63, 3.8) is 0 Å². The number of hydrogen-bond donors (Lipinski definition) is 0. The maximum Gasteiger partial charge on any atom is 0.254 e. The Morgan fingerprint density at radius 3 is 2.53 bits per heavy atom. The van der Waals surface area contributed by atoms with Crippen molar-refractivity contribution in [2.75, 3.05) is 0 Å². The molecule has 4 aromatic heterocycles. The van der Waals surface area contributed by atoms with Gasteiger partial charge in [-0.15, -0.1) is 0 Å². The van der Waals surface area contributed by atoms with E-state index in [9.17, 15) is 5.21 Å². The highest BCUT2D eigenvalue weighted by Gasteiger charge is 2.20. The van der Waals surface area contributed by atoms with Crippen LogP contribution in [0, 0.1) is 5.21 Å². The van der Waals surface area contributed by atoms with E-state index in [2.05, 4.69) is 4.98 Å². The van der Waals surface area contributed by atoms with Crippen LogP contribution < -0.4 is 4.73 Å². The Balaban J connectivity index is 2.17. The molecule has 19 heavy (non-hydrogen) atoms. The van der Waals surface area contributed by atoms with Crippen LogP contribution >= 0.6 is 0 Å². The van der Waals surface area contributed by atoms with E-state index in [0.717, 1.165) is 15.5 Å². The fourth-order valence-electron chi connectivity index (χ4n) is 2.29. The van der Waals surface area contributed by atoms with Crippen LogP contribution in [0.25, 0.3) is 33.3 Å². The molecule has 0 atom stereocenters. The van der Waals surface area contributed by atoms with Crippen LogP contribution in [0.1, 0.15) is 0 Å². The Labute approximate surface area is 107 Å². The van der Waals surface area contributed by atoms with Gasteiger partial charge in [-0.3, -0.25) is 0 Å². The first-order valence-corrected chi connectivity index (χ1v) is 5.76. The minimum atomic E-state index is 0.471. The van der Waals surface area contributed by atoms with Gasteiger partial charge in [0.1, 0.15) is 16.9 Å². The van der Waals surface area contributed by atoms with Crippen LogP contribution in [0.5, 0.6) is 0 Å². The van der Waals surface area contributed by atoms with Crippen molar-refractivity contribution >= 4 is 21.9 Å². The summed E-state index contributed by atoms with van der Waals surface area (Å²) in [5.74, 6) is 0. The summed E-state index contributed by atoms with van der Waals surface area (Å²) >= 11 is 0. The van der Waals surface area contributed by atoms with E-state index >= 15 is 0 Å².